The van der Waals surface area contributed by atoms with Gasteiger partial charge in [-0.25, -0.2) is 24.1 Å². The topological polar surface area (TPSA) is 159 Å². The minimum Gasteiger partial charge on any atom is -0.465 e. The van der Waals surface area contributed by atoms with E-state index >= 15 is 0 Å². The number of nitrogens with one attached hydrogen (secondary N) is 2. The molecule has 0 atom stereocenters. The summed E-state index contributed by atoms with van der Waals surface area (Å²) in [6.07, 6.45) is 4.30. The zero-order valence-corrected chi connectivity index (χ0v) is 18.3. The van der Waals surface area contributed by atoms with Crippen LogP contribution in [-0.4, -0.2) is 55.7 Å². The molecule has 1 aliphatic heterocycles. The van der Waals surface area contributed by atoms with Gasteiger partial charge < -0.3 is 26.4 Å². The molecule has 1 saturated heterocycles. The van der Waals surface area contributed by atoms with Crippen LogP contribution in [0, 0.1) is 5.82 Å². The summed E-state index contributed by atoms with van der Waals surface area (Å²) in [6.45, 7) is 2.98. The number of hydrogen-bond acceptors (Lipinski definition) is 8. The van der Waals surface area contributed by atoms with Crippen LogP contribution in [0.1, 0.15) is 30.3 Å². The number of anilines is 3. The third-order valence-electron chi connectivity index (χ3n) is 5.65. The molecule has 4 heterocycles. The van der Waals surface area contributed by atoms with Crippen molar-refractivity contribution < 1.29 is 19.1 Å². The minimum absolute atomic E-state index is 0.0473. The maximum Gasteiger partial charge on any atom is 0.405 e. The zero-order valence-electron chi connectivity index (χ0n) is 18.3. The van der Waals surface area contributed by atoms with E-state index in [9.17, 15) is 14.0 Å². The van der Waals surface area contributed by atoms with Crippen molar-refractivity contribution in [2.75, 3.05) is 29.0 Å². The first-order valence-electron chi connectivity index (χ1n) is 10.5. The van der Waals surface area contributed by atoms with E-state index in [0.717, 1.165) is 0 Å². The van der Waals surface area contributed by atoms with Crippen molar-refractivity contribution in [3.63, 3.8) is 0 Å². The molecule has 11 nitrogen and oxygen atoms in total. The highest BCUT2D eigenvalue weighted by molar-refractivity contribution is 6.06. The summed E-state index contributed by atoms with van der Waals surface area (Å²) in [4.78, 5) is 42.5. The molecule has 0 radical (unpaired) electrons. The summed E-state index contributed by atoms with van der Waals surface area (Å²) >= 11 is 0. The lowest BCUT2D eigenvalue weighted by atomic mass is 9.89. The molecule has 1 aliphatic rings. The lowest BCUT2D eigenvalue weighted by molar-refractivity contribution is 0.102. The first-order valence-corrected chi connectivity index (χ1v) is 10.5. The fraction of sp³-hybridized carbons (Fsp3) is 0.273. The molecule has 0 aliphatic carbocycles. The van der Waals surface area contributed by atoms with Gasteiger partial charge in [0.2, 0.25) is 0 Å². The number of rotatable bonds is 5. The Kier molecular flexibility index (Phi) is 6.21. The van der Waals surface area contributed by atoms with Crippen LogP contribution in [0.15, 0.2) is 42.9 Å². The SMILES string of the molecule is CC1(NC(=O)O)CCN(c2cccnc2NC(=O)c2nc(-c3ncccc3F)cnc2N)CC1. The Morgan fingerprint density at radius 2 is 1.85 bits per heavy atom. The smallest absolute Gasteiger partial charge is 0.405 e. The molecular formula is C22H23FN8O3. The first kappa shape index (κ1) is 22.8. The van der Waals surface area contributed by atoms with Crippen LogP contribution < -0.4 is 21.3 Å². The fourth-order valence-corrected chi connectivity index (χ4v) is 3.79. The maximum absolute atomic E-state index is 14.1. The fourth-order valence-electron chi connectivity index (χ4n) is 3.79. The molecule has 176 valence electrons. The average Bonchev–Trinajstić information content (AvgIpc) is 2.80. The summed E-state index contributed by atoms with van der Waals surface area (Å²) in [7, 11) is 0. The van der Waals surface area contributed by atoms with Crippen LogP contribution in [0.3, 0.4) is 0 Å². The van der Waals surface area contributed by atoms with E-state index in [-0.39, 0.29) is 28.7 Å². The molecule has 4 rings (SSSR count). The van der Waals surface area contributed by atoms with Crippen molar-refractivity contribution in [3.05, 3.63) is 54.4 Å². The second-order valence-electron chi connectivity index (χ2n) is 8.13. The molecule has 5 N–H and O–H groups in total. The zero-order chi connectivity index (χ0) is 24.3. The van der Waals surface area contributed by atoms with E-state index < -0.39 is 23.4 Å². The normalized spacial score (nSPS) is 14.9. The molecule has 0 bridgehead atoms. The minimum atomic E-state index is -1.06. The second-order valence-corrected chi connectivity index (χ2v) is 8.13. The molecule has 3 aromatic heterocycles. The molecule has 2 amide bonds. The van der Waals surface area contributed by atoms with Gasteiger partial charge in [-0.3, -0.25) is 9.78 Å². The summed E-state index contributed by atoms with van der Waals surface area (Å²) < 4.78 is 14.1. The van der Waals surface area contributed by atoms with Crippen molar-refractivity contribution in [3.8, 4) is 11.4 Å². The van der Waals surface area contributed by atoms with Gasteiger partial charge in [0.05, 0.1) is 11.9 Å². The van der Waals surface area contributed by atoms with Crippen molar-refractivity contribution >= 4 is 29.3 Å². The molecule has 0 spiro atoms. The standard InChI is InChI=1S/C22H23FN8O3/c1-22(30-21(33)34)6-10-31(11-7-22)15-5-3-9-26-19(15)29-20(32)17-18(24)27-12-14(28-17)16-13(23)4-2-8-25-16/h2-5,8-9,12,30H,6-7,10-11H2,1H3,(H2,24,27)(H,33,34)(H,26,29,32). The number of halogens is 1. The van der Waals surface area contributed by atoms with Gasteiger partial charge in [0.1, 0.15) is 11.4 Å². The lowest BCUT2D eigenvalue weighted by Crippen LogP contribution is -2.53. The molecule has 0 saturated carbocycles. The third-order valence-corrected chi connectivity index (χ3v) is 5.65. The van der Waals surface area contributed by atoms with E-state index in [4.69, 9.17) is 10.8 Å². The number of nitrogen functional groups attached to an aromatic ring is 1. The second kappa shape index (κ2) is 9.25. The number of aromatic nitrogens is 4. The van der Waals surface area contributed by atoms with E-state index in [2.05, 4.69) is 30.6 Å². The Balaban J connectivity index is 1.55. The maximum atomic E-state index is 14.1. The number of carbonyl (C=O) groups excluding carboxylic acids is 1. The van der Waals surface area contributed by atoms with Crippen LogP contribution in [0.5, 0.6) is 0 Å². The summed E-state index contributed by atoms with van der Waals surface area (Å²) in [5, 5.41) is 14.4. The van der Waals surface area contributed by atoms with E-state index in [1.54, 1.807) is 6.07 Å². The number of piperidine rings is 1. The Hall–Kier alpha value is -4.35. The highest BCUT2D eigenvalue weighted by Crippen LogP contribution is 2.30. The van der Waals surface area contributed by atoms with Gasteiger partial charge in [-0.2, -0.15) is 0 Å². The van der Waals surface area contributed by atoms with Crippen molar-refractivity contribution in [2.45, 2.75) is 25.3 Å². The van der Waals surface area contributed by atoms with Crippen LogP contribution in [0.2, 0.25) is 0 Å². The number of nitrogens with zero attached hydrogens (tertiary/aromatic N) is 5. The molecule has 1 fully saturated rings. The highest BCUT2D eigenvalue weighted by atomic mass is 19.1. The Morgan fingerprint density at radius 1 is 1.15 bits per heavy atom. The molecule has 3 aromatic rings. The monoisotopic (exact) mass is 466 g/mol. The van der Waals surface area contributed by atoms with Crippen LogP contribution in [0.25, 0.3) is 11.4 Å². The van der Waals surface area contributed by atoms with Gasteiger partial charge >= 0.3 is 6.09 Å². The van der Waals surface area contributed by atoms with Crippen LogP contribution >= 0.6 is 0 Å². The van der Waals surface area contributed by atoms with E-state index in [1.165, 1.54) is 30.7 Å². The van der Waals surface area contributed by atoms with Crippen molar-refractivity contribution in [1.29, 1.82) is 0 Å². The van der Waals surface area contributed by atoms with Crippen LogP contribution in [0.4, 0.5) is 26.5 Å². The molecule has 12 heteroatoms. The quantitative estimate of drug-likeness (QED) is 0.443. The summed E-state index contributed by atoms with van der Waals surface area (Å²) in [6, 6.07) is 6.23. The van der Waals surface area contributed by atoms with E-state index in [1.807, 2.05) is 17.9 Å². The van der Waals surface area contributed by atoms with Crippen molar-refractivity contribution in [2.24, 2.45) is 0 Å². The molecular weight excluding hydrogens is 443 g/mol. The van der Waals surface area contributed by atoms with Gasteiger partial charge in [0.25, 0.3) is 5.91 Å². The Morgan fingerprint density at radius 3 is 2.56 bits per heavy atom. The third kappa shape index (κ3) is 4.85. The van der Waals surface area contributed by atoms with Gasteiger partial charge in [-0.15, -0.1) is 0 Å². The number of carboxylic acid groups (broad SMARTS) is 1. The van der Waals surface area contributed by atoms with Gasteiger partial charge in [-0.1, -0.05) is 0 Å². The van der Waals surface area contributed by atoms with E-state index in [0.29, 0.717) is 31.6 Å². The van der Waals surface area contributed by atoms with Gasteiger partial charge in [0, 0.05) is 31.0 Å². The van der Waals surface area contributed by atoms with Gasteiger partial charge in [0.15, 0.2) is 23.1 Å². The first-order chi connectivity index (χ1) is 16.3. The number of hydrogen-bond donors (Lipinski definition) is 4. The number of pyridine rings is 2. The number of carbonyl (C=O) groups is 2. The lowest BCUT2D eigenvalue weighted by Gasteiger charge is -2.40. The highest BCUT2D eigenvalue weighted by Gasteiger charge is 2.32. The number of nitrogens with two attached hydrogens (primary N) is 1. The Bertz CT molecular complexity index is 1230. The predicted octanol–water partition coefficient (Wildman–Crippen LogP) is 2.53. The predicted molar refractivity (Wildman–Crippen MR) is 123 cm³/mol. The largest absolute Gasteiger partial charge is 0.465 e. The average molecular weight is 466 g/mol. The van der Waals surface area contributed by atoms with Crippen LogP contribution in [-0.2, 0) is 0 Å². The van der Waals surface area contributed by atoms with Crippen molar-refractivity contribution in [1.82, 2.24) is 25.3 Å². The molecule has 0 unspecified atom stereocenters. The van der Waals surface area contributed by atoms with Gasteiger partial charge in [-0.05, 0) is 44.0 Å². The molecule has 0 aromatic carbocycles. The summed E-state index contributed by atoms with van der Waals surface area (Å²) in [5.41, 5.74) is 5.86. The summed E-state index contributed by atoms with van der Waals surface area (Å²) in [5.74, 6) is -1.09. The molecule has 34 heavy (non-hydrogen) atoms. The Labute approximate surface area is 194 Å². The number of amides is 2.